The third-order valence-electron chi connectivity index (χ3n) is 3.92. The maximum Gasteiger partial charge on any atom is 0.255 e. The van der Waals surface area contributed by atoms with Gasteiger partial charge in [0.25, 0.3) is 5.91 Å². The number of nitrogen functional groups attached to an aromatic ring is 1. The van der Waals surface area contributed by atoms with Crippen LogP contribution in [0.1, 0.15) is 23.7 Å². The van der Waals surface area contributed by atoms with Crippen molar-refractivity contribution in [2.24, 2.45) is 0 Å². The lowest BCUT2D eigenvalue weighted by atomic mass is 10.1. The first-order valence-corrected chi connectivity index (χ1v) is 7.90. The van der Waals surface area contributed by atoms with E-state index in [4.69, 9.17) is 15.2 Å². The summed E-state index contributed by atoms with van der Waals surface area (Å²) in [6.07, 6.45) is 1.07. The molecule has 1 aliphatic rings. The third kappa shape index (κ3) is 4.65. The highest BCUT2D eigenvalue weighted by Gasteiger charge is 2.17. The van der Waals surface area contributed by atoms with E-state index in [2.05, 4.69) is 17.1 Å². The second kappa shape index (κ2) is 9.40. The topological polar surface area (TPSA) is 76.8 Å². The van der Waals surface area contributed by atoms with E-state index in [0.717, 1.165) is 18.7 Å². The van der Waals surface area contributed by atoms with Gasteiger partial charge in [0.2, 0.25) is 6.79 Å². The van der Waals surface area contributed by atoms with Crippen molar-refractivity contribution >= 4 is 47.8 Å². The van der Waals surface area contributed by atoms with Crippen LogP contribution in [0.15, 0.2) is 36.4 Å². The molecule has 1 aliphatic heterocycles. The maximum atomic E-state index is 12.4. The van der Waals surface area contributed by atoms with E-state index in [1.54, 1.807) is 24.3 Å². The van der Waals surface area contributed by atoms with Gasteiger partial charge < -0.3 is 25.4 Å². The quantitative estimate of drug-likeness (QED) is 0.744. The Morgan fingerprint density at radius 3 is 2.38 bits per heavy atom. The molecule has 8 heteroatoms. The normalized spacial score (nSPS) is 11.2. The predicted molar refractivity (Wildman–Crippen MR) is 109 cm³/mol. The number of nitrogens with zero attached hydrogens (tertiary/aromatic N) is 1. The molecule has 3 rings (SSSR count). The summed E-state index contributed by atoms with van der Waals surface area (Å²) >= 11 is 0. The Morgan fingerprint density at radius 2 is 1.77 bits per heavy atom. The number of nitrogens with one attached hydrogen (secondary N) is 1. The number of ether oxygens (including phenoxy) is 2. The van der Waals surface area contributed by atoms with Crippen molar-refractivity contribution in [1.29, 1.82) is 0 Å². The highest BCUT2D eigenvalue weighted by atomic mass is 35.5. The van der Waals surface area contributed by atoms with E-state index >= 15 is 0 Å². The zero-order valence-corrected chi connectivity index (χ0v) is 16.3. The molecule has 26 heavy (non-hydrogen) atoms. The van der Waals surface area contributed by atoms with E-state index in [9.17, 15) is 4.79 Å². The van der Waals surface area contributed by atoms with Crippen LogP contribution in [0.25, 0.3) is 0 Å². The van der Waals surface area contributed by atoms with Crippen LogP contribution in [0.2, 0.25) is 0 Å². The molecule has 0 bridgehead atoms. The van der Waals surface area contributed by atoms with Crippen molar-refractivity contribution in [2.75, 3.05) is 36.3 Å². The molecule has 0 radical (unpaired) electrons. The minimum Gasteiger partial charge on any atom is -0.454 e. The average Bonchev–Trinajstić information content (AvgIpc) is 3.02. The van der Waals surface area contributed by atoms with Crippen LogP contribution < -0.4 is 25.4 Å². The molecule has 0 unspecified atom stereocenters. The Morgan fingerprint density at radius 1 is 1.15 bits per heavy atom. The van der Waals surface area contributed by atoms with Crippen molar-refractivity contribution in [3.8, 4) is 11.5 Å². The number of benzene rings is 2. The van der Waals surface area contributed by atoms with Gasteiger partial charge in [0.1, 0.15) is 0 Å². The first-order chi connectivity index (χ1) is 11.6. The first kappa shape index (κ1) is 21.7. The van der Waals surface area contributed by atoms with E-state index < -0.39 is 0 Å². The number of carbonyl (C=O) groups excluding carboxylic acids is 1. The van der Waals surface area contributed by atoms with E-state index in [1.807, 2.05) is 19.2 Å². The molecule has 6 nitrogen and oxygen atoms in total. The molecular formula is C18H23Cl2N3O3. The van der Waals surface area contributed by atoms with Crippen molar-refractivity contribution in [1.82, 2.24) is 0 Å². The molecule has 0 saturated carbocycles. The Bertz CT molecular complexity index is 754. The molecule has 0 aliphatic carbocycles. The van der Waals surface area contributed by atoms with Crippen LogP contribution in [0.5, 0.6) is 11.5 Å². The SMILES string of the molecule is CCCN(C)c1ccc(C(=O)Nc2cc3c(cc2N)OCO3)cc1.Cl.Cl. The lowest BCUT2D eigenvalue weighted by Gasteiger charge is -2.18. The van der Waals surface area contributed by atoms with Crippen LogP contribution in [0, 0.1) is 0 Å². The number of rotatable bonds is 5. The molecule has 1 amide bonds. The summed E-state index contributed by atoms with van der Waals surface area (Å²) < 4.78 is 10.6. The van der Waals surface area contributed by atoms with Crippen LogP contribution in [-0.2, 0) is 0 Å². The van der Waals surface area contributed by atoms with Gasteiger partial charge in [0.15, 0.2) is 11.5 Å². The van der Waals surface area contributed by atoms with Gasteiger partial charge in [-0.15, -0.1) is 24.8 Å². The summed E-state index contributed by atoms with van der Waals surface area (Å²) in [6, 6.07) is 10.8. The second-order valence-electron chi connectivity index (χ2n) is 5.72. The van der Waals surface area contributed by atoms with E-state index in [-0.39, 0.29) is 37.5 Å². The van der Waals surface area contributed by atoms with Gasteiger partial charge in [-0.05, 0) is 30.7 Å². The summed E-state index contributed by atoms with van der Waals surface area (Å²) in [6.45, 7) is 3.27. The number of anilines is 3. The minimum atomic E-state index is -0.217. The molecule has 2 aromatic carbocycles. The minimum absolute atomic E-state index is 0. The Balaban J connectivity index is 0.00000169. The Kier molecular flexibility index (Phi) is 7.86. The summed E-state index contributed by atoms with van der Waals surface area (Å²) in [4.78, 5) is 14.6. The zero-order valence-electron chi connectivity index (χ0n) is 14.7. The third-order valence-corrected chi connectivity index (χ3v) is 3.92. The fraction of sp³-hybridized carbons (Fsp3) is 0.278. The average molecular weight is 400 g/mol. The van der Waals surface area contributed by atoms with Gasteiger partial charge in [-0.2, -0.15) is 0 Å². The number of carbonyl (C=O) groups is 1. The summed E-state index contributed by atoms with van der Waals surface area (Å²) in [5.41, 5.74) is 8.56. The van der Waals surface area contributed by atoms with Crippen LogP contribution in [-0.4, -0.2) is 26.3 Å². The summed E-state index contributed by atoms with van der Waals surface area (Å²) in [5, 5.41) is 2.82. The molecule has 2 aromatic rings. The highest BCUT2D eigenvalue weighted by molar-refractivity contribution is 6.06. The smallest absolute Gasteiger partial charge is 0.255 e. The largest absolute Gasteiger partial charge is 0.454 e. The molecule has 0 aromatic heterocycles. The van der Waals surface area contributed by atoms with Crippen LogP contribution in [0.3, 0.4) is 0 Å². The van der Waals surface area contributed by atoms with Crippen LogP contribution >= 0.6 is 24.8 Å². The molecule has 142 valence electrons. The molecule has 0 spiro atoms. The molecule has 0 fully saturated rings. The fourth-order valence-electron chi connectivity index (χ4n) is 2.59. The van der Waals surface area contributed by atoms with Crippen molar-refractivity contribution < 1.29 is 14.3 Å². The van der Waals surface area contributed by atoms with Crippen molar-refractivity contribution in [3.63, 3.8) is 0 Å². The zero-order chi connectivity index (χ0) is 17.1. The molecular weight excluding hydrogens is 377 g/mol. The highest BCUT2D eigenvalue weighted by Crippen LogP contribution is 2.38. The number of hydrogen-bond acceptors (Lipinski definition) is 5. The molecule has 0 atom stereocenters. The van der Waals surface area contributed by atoms with Crippen molar-refractivity contribution in [3.05, 3.63) is 42.0 Å². The van der Waals surface area contributed by atoms with Gasteiger partial charge >= 0.3 is 0 Å². The van der Waals surface area contributed by atoms with E-state index in [0.29, 0.717) is 28.4 Å². The van der Waals surface area contributed by atoms with Crippen LogP contribution in [0.4, 0.5) is 17.1 Å². The lowest BCUT2D eigenvalue weighted by molar-refractivity contribution is 0.102. The second-order valence-corrected chi connectivity index (χ2v) is 5.72. The van der Waals surface area contributed by atoms with Gasteiger partial charge in [-0.25, -0.2) is 0 Å². The predicted octanol–water partition coefficient (Wildman–Crippen LogP) is 3.94. The fourth-order valence-corrected chi connectivity index (χ4v) is 2.59. The van der Waals surface area contributed by atoms with Crippen molar-refractivity contribution in [2.45, 2.75) is 13.3 Å². The Hall–Kier alpha value is -2.31. The number of fused-ring (bicyclic) bond motifs is 1. The number of hydrogen-bond donors (Lipinski definition) is 2. The lowest BCUT2D eigenvalue weighted by Crippen LogP contribution is -2.18. The molecule has 3 N–H and O–H groups in total. The standard InChI is InChI=1S/C18H21N3O3.2ClH/c1-3-8-21(2)13-6-4-12(5-7-13)18(22)20-15-10-17-16(9-14(15)19)23-11-24-17;;/h4-7,9-10H,3,8,11,19H2,1-2H3,(H,20,22);2*1H. The van der Waals surface area contributed by atoms with Gasteiger partial charge in [0, 0.05) is 37.0 Å². The Labute approximate surface area is 165 Å². The van der Waals surface area contributed by atoms with E-state index in [1.165, 1.54) is 0 Å². The summed E-state index contributed by atoms with van der Waals surface area (Å²) in [7, 11) is 2.03. The molecule has 0 saturated heterocycles. The summed E-state index contributed by atoms with van der Waals surface area (Å²) in [5.74, 6) is 0.954. The number of nitrogens with two attached hydrogens (primary N) is 1. The number of amides is 1. The van der Waals surface area contributed by atoms with Gasteiger partial charge in [-0.3, -0.25) is 4.79 Å². The van der Waals surface area contributed by atoms with Gasteiger partial charge in [-0.1, -0.05) is 6.92 Å². The number of halogens is 2. The van der Waals surface area contributed by atoms with Gasteiger partial charge in [0.05, 0.1) is 11.4 Å². The molecule has 1 heterocycles. The maximum absolute atomic E-state index is 12.4. The first-order valence-electron chi connectivity index (χ1n) is 7.90. The monoisotopic (exact) mass is 399 g/mol.